The number of amides is 3. The van der Waals surface area contributed by atoms with Crippen molar-refractivity contribution >= 4 is 46.5 Å². The van der Waals surface area contributed by atoms with Crippen molar-refractivity contribution in [1.82, 2.24) is 9.88 Å². The zero-order valence-corrected chi connectivity index (χ0v) is 20.3. The van der Waals surface area contributed by atoms with E-state index < -0.39 is 17.6 Å². The number of nitrogens with one attached hydrogen (secondary N) is 2. The van der Waals surface area contributed by atoms with Crippen molar-refractivity contribution in [2.24, 2.45) is 0 Å². The number of carbonyl (C=O) groups is 3. The third kappa shape index (κ3) is 6.84. The lowest BCUT2D eigenvalue weighted by atomic mass is 10.1. The molecule has 0 unspecified atom stereocenters. The summed E-state index contributed by atoms with van der Waals surface area (Å²) in [6.07, 6.45) is 1.42. The largest absolute Gasteiger partial charge is 0.321 e. The van der Waals surface area contributed by atoms with Crippen LogP contribution in [0.5, 0.6) is 0 Å². The number of hydrogen-bond donors (Lipinski definition) is 2. The van der Waals surface area contributed by atoms with Gasteiger partial charge >= 0.3 is 0 Å². The molecule has 0 aliphatic carbocycles. The fourth-order valence-corrected chi connectivity index (χ4v) is 3.25. The molecule has 182 valence electrons. The van der Waals surface area contributed by atoms with E-state index in [4.69, 9.17) is 11.6 Å². The zero-order chi connectivity index (χ0) is 25.5. The summed E-state index contributed by atoms with van der Waals surface area (Å²) in [6, 6.07) is 12.9. The van der Waals surface area contributed by atoms with Crippen LogP contribution >= 0.6 is 11.6 Å². The Hall–Kier alpha value is -3.82. The van der Waals surface area contributed by atoms with E-state index in [1.165, 1.54) is 23.2 Å². The van der Waals surface area contributed by atoms with Gasteiger partial charge in [0.25, 0.3) is 11.8 Å². The van der Waals surface area contributed by atoms with E-state index in [0.717, 1.165) is 18.7 Å². The van der Waals surface area contributed by atoms with Crippen molar-refractivity contribution in [3.05, 3.63) is 82.8 Å². The lowest BCUT2D eigenvalue weighted by Gasteiger charge is -2.21. The van der Waals surface area contributed by atoms with Gasteiger partial charge in [-0.05, 0) is 68.2 Å². The van der Waals surface area contributed by atoms with Crippen LogP contribution in [0.4, 0.5) is 21.6 Å². The van der Waals surface area contributed by atoms with Crippen LogP contribution in [-0.2, 0) is 4.79 Å². The summed E-state index contributed by atoms with van der Waals surface area (Å²) in [5.41, 5.74) is 0.969. The minimum absolute atomic E-state index is 0.0808. The second-order valence-corrected chi connectivity index (χ2v) is 8.22. The van der Waals surface area contributed by atoms with Gasteiger partial charge in [0.05, 0.1) is 17.8 Å². The smallest absolute Gasteiger partial charge is 0.259 e. The molecule has 0 atom stereocenters. The highest BCUT2D eigenvalue weighted by Crippen LogP contribution is 2.21. The molecule has 0 spiro atoms. The van der Waals surface area contributed by atoms with E-state index in [1.807, 2.05) is 18.9 Å². The molecule has 0 bridgehead atoms. The van der Waals surface area contributed by atoms with Crippen LogP contribution in [0.3, 0.4) is 0 Å². The number of anilines is 3. The van der Waals surface area contributed by atoms with Crippen molar-refractivity contribution in [1.29, 1.82) is 0 Å². The molecule has 0 radical (unpaired) electrons. The van der Waals surface area contributed by atoms with Crippen molar-refractivity contribution in [3.8, 4) is 0 Å². The quantitative estimate of drug-likeness (QED) is 0.484. The second kappa shape index (κ2) is 11.5. The van der Waals surface area contributed by atoms with Crippen LogP contribution in [0, 0.1) is 5.82 Å². The van der Waals surface area contributed by atoms with Crippen molar-refractivity contribution in [2.75, 3.05) is 42.7 Å². The Labute approximate surface area is 207 Å². The first-order chi connectivity index (χ1) is 16.7. The summed E-state index contributed by atoms with van der Waals surface area (Å²) in [4.78, 5) is 45.3. The molecule has 3 rings (SSSR count). The number of nitrogens with zero attached hydrogens (tertiary/aromatic N) is 3. The Morgan fingerprint density at radius 2 is 1.69 bits per heavy atom. The molecule has 3 aromatic rings. The van der Waals surface area contributed by atoms with Gasteiger partial charge in [-0.25, -0.2) is 9.37 Å². The molecule has 0 fully saturated rings. The van der Waals surface area contributed by atoms with Gasteiger partial charge in [0.2, 0.25) is 5.91 Å². The Morgan fingerprint density at radius 1 is 0.971 bits per heavy atom. The molecule has 2 N–H and O–H groups in total. The third-order valence-corrected chi connectivity index (χ3v) is 5.51. The summed E-state index contributed by atoms with van der Waals surface area (Å²) in [5.74, 6) is -1.70. The Kier molecular flexibility index (Phi) is 8.51. The predicted molar refractivity (Wildman–Crippen MR) is 135 cm³/mol. The highest BCUT2D eigenvalue weighted by molar-refractivity contribution is 6.30. The van der Waals surface area contributed by atoms with Crippen LogP contribution in [0.25, 0.3) is 0 Å². The standard InChI is InChI=1S/C25H25ClFN5O3/c1-4-31(2)15-23(33)32(3)19-8-5-16(6-9-19)24(34)29-21-10-7-18(27)14-20(21)25(35)30-22-13-17(26)11-12-28-22/h5-14H,4,15H2,1-3H3,(H,29,34)(H,28,30,35). The second-order valence-electron chi connectivity index (χ2n) is 7.79. The fourth-order valence-electron chi connectivity index (χ4n) is 3.09. The van der Waals surface area contributed by atoms with Crippen molar-refractivity contribution < 1.29 is 18.8 Å². The number of hydrogen-bond acceptors (Lipinski definition) is 5. The zero-order valence-electron chi connectivity index (χ0n) is 19.5. The van der Waals surface area contributed by atoms with E-state index >= 15 is 0 Å². The molecule has 1 aromatic heterocycles. The number of benzene rings is 2. The van der Waals surface area contributed by atoms with Gasteiger partial charge in [-0.2, -0.15) is 0 Å². The first-order valence-electron chi connectivity index (χ1n) is 10.8. The van der Waals surface area contributed by atoms with Crippen LogP contribution in [-0.4, -0.2) is 54.8 Å². The number of likely N-dealkylation sites (N-methyl/N-ethyl adjacent to an activating group) is 2. The fraction of sp³-hybridized carbons (Fsp3) is 0.200. The van der Waals surface area contributed by atoms with Crippen LogP contribution in [0.1, 0.15) is 27.6 Å². The van der Waals surface area contributed by atoms with Gasteiger partial charge in [-0.15, -0.1) is 0 Å². The van der Waals surface area contributed by atoms with Crippen LogP contribution in [0.2, 0.25) is 5.02 Å². The van der Waals surface area contributed by atoms with E-state index in [9.17, 15) is 18.8 Å². The molecule has 0 saturated carbocycles. The average Bonchev–Trinajstić information content (AvgIpc) is 2.84. The molecule has 3 amide bonds. The number of carbonyl (C=O) groups excluding carboxylic acids is 3. The predicted octanol–water partition coefficient (Wildman–Crippen LogP) is 4.29. The van der Waals surface area contributed by atoms with Crippen molar-refractivity contribution in [3.63, 3.8) is 0 Å². The maximum absolute atomic E-state index is 13.9. The lowest BCUT2D eigenvalue weighted by Crippen LogP contribution is -2.36. The Bertz CT molecular complexity index is 1240. The average molecular weight is 498 g/mol. The SMILES string of the molecule is CCN(C)CC(=O)N(C)c1ccc(C(=O)Nc2ccc(F)cc2C(=O)Nc2cc(Cl)ccn2)cc1. The van der Waals surface area contributed by atoms with E-state index in [0.29, 0.717) is 16.3 Å². The Balaban J connectivity index is 1.74. The maximum Gasteiger partial charge on any atom is 0.259 e. The Morgan fingerprint density at radius 3 is 2.34 bits per heavy atom. The minimum Gasteiger partial charge on any atom is -0.321 e. The number of pyridine rings is 1. The highest BCUT2D eigenvalue weighted by atomic mass is 35.5. The first-order valence-corrected chi connectivity index (χ1v) is 11.1. The molecule has 35 heavy (non-hydrogen) atoms. The highest BCUT2D eigenvalue weighted by Gasteiger charge is 2.18. The molecule has 2 aromatic carbocycles. The number of aromatic nitrogens is 1. The lowest BCUT2D eigenvalue weighted by molar-refractivity contribution is -0.119. The normalized spacial score (nSPS) is 10.7. The van der Waals surface area contributed by atoms with Gasteiger partial charge in [0.15, 0.2) is 0 Å². The molecular formula is C25H25ClFN5O3. The van der Waals surface area contributed by atoms with E-state index in [-0.39, 0.29) is 29.5 Å². The van der Waals surface area contributed by atoms with Crippen LogP contribution in [0.15, 0.2) is 60.8 Å². The van der Waals surface area contributed by atoms with Gasteiger partial charge in [0, 0.05) is 29.5 Å². The molecular weight excluding hydrogens is 473 g/mol. The number of halogens is 2. The third-order valence-electron chi connectivity index (χ3n) is 5.27. The monoisotopic (exact) mass is 497 g/mol. The van der Waals surface area contributed by atoms with Crippen molar-refractivity contribution in [2.45, 2.75) is 6.92 Å². The molecule has 0 aliphatic rings. The summed E-state index contributed by atoms with van der Waals surface area (Å²) in [6.45, 7) is 2.98. The molecule has 8 nitrogen and oxygen atoms in total. The topological polar surface area (TPSA) is 94.6 Å². The molecule has 0 aliphatic heterocycles. The first kappa shape index (κ1) is 25.8. The number of rotatable bonds is 8. The van der Waals surface area contributed by atoms with Gasteiger partial charge in [-0.3, -0.25) is 19.3 Å². The summed E-state index contributed by atoms with van der Waals surface area (Å²) in [7, 11) is 3.52. The van der Waals surface area contributed by atoms with E-state index in [1.54, 1.807) is 37.4 Å². The summed E-state index contributed by atoms with van der Waals surface area (Å²) >= 11 is 5.91. The summed E-state index contributed by atoms with van der Waals surface area (Å²) < 4.78 is 13.9. The molecule has 10 heteroatoms. The van der Waals surface area contributed by atoms with Crippen LogP contribution < -0.4 is 15.5 Å². The van der Waals surface area contributed by atoms with Gasteiger partial charge < -0.3 is 15.5 Å². The molecule has 1 heterocycles. The van der Waals surface area contributed by atoms with Gasteiger partial charge in [0.1, 0.15) is 11.6 Å². The summed E-state index contributed by atoms with van der Waals surface area (Å²) in [5, 5.41) is 5.54. The minimum atomic E-state index is -0.665. The van der Waals surface area contributed by atoms with Gasteiger partial charge in [-0.1, -0.05) is 18.5 Å². The molecule has 0 saturated heterocycles. The van der Waals surface area contributed by atoms with E-state index in [2.05, 4.69) is 15.6 Å². The maximum atomic E-state index is 13.9.